The van der Waals surface area contributed by atoms with Crippen molar-refractivity contribution in [2.75, 3.05) is 40.8 Å². The maximum absolute atomic E-state index is 9.00. The van der Waals surface area contributed by atoms with Crippen molar-refractivity contribution in [3.63, 3.8) is 0 Å². The summed E-state index contributed by atoms with van der Waals surface area (Å²) in [6.07, 6.45) is 2.07. The molecule has 0 rings (SSSR count). The first-order valence-electron chi connectivity index (χ1n) is 6.44. The fourth-order valence-corrected chi connectivity index (χ4v) is 1.71. The van der Waals surface area contributed by atoms with Gasteiger partial charge >= 0.3 is 0 Å². The first-order valence-corrected chi connectivity index (χ1v) is 6.44. The molecule has 0 aliphatic rings. The Bertz CT molecular complexity index is 220. The van der Waals surface area contributed by atoms with E-state index in [0.717, 1.165) is 26.1 Å². The second-order valence-corrected chi connectivity index (χ2v) is 5.25. The Kier molecular flexibility index (Phi) is 9.06. The predicted octanol–water partition coefficient (Wildman–Crippen LogP) is 1.15. The normalized spacial score (nSPS) is 13.4. The molecule has 0 radical (unpaired) electrons. The second kappa shape index (κ2) is 9.41. The van der Waals surface area contributed by atoms with Crippen LogP contribution in [0.15, 0.2) is 0 Å². The highest BCUT2D eigenvalue weighted by Crippen LogP contribution is 1.97. The maximum atomic E-state index is 9.00. The van der Waals surface area contributed by atoms with Crippen molar-refractivity contribution in [1.29, 1.82) is 5.26 Å². The summed E-state index contributed by atoms with van der Waals surface area (Å²) in [4.78, 5) is 4.50. The molecule has 0 amide bonds. The van der Waals surface area contributed by atoms with Gasteiger partial charge in [-0.2, -0.15) is 5.26 Å². The maximum Gasteiger partial charge on any atom is 0.0967 e. The first-order chi connectivity index (χ1) is 7.95. The van der Waals surface area contributed by atoms with Crippen molar-refractivity contribution in [2.24, 2.45) is 0 Å². The van der Waals surface area contributed by atoms with Crippen LogP contribution in [0.2, 0.25) is 0 Å². The van der Waals surface area contributed by atoms with E-state index in [2.05, 4.69) is 56.2 Å². The Balaban J connectivity index is 3.67. The number of hydrogen-bond acceptors (Lipinski definition) is 4. The second-order valence-electron chi connectivity index (χ2n) is 5.25. The molecule has 0 saturated carbocycles. The third kappa shape index (κ3) is 10.3. The lowest BCUT2D eigenvalue weighted by molar-refractivity contribution is 0.288. The zero-order valence-electron chi connectivity index (χ0n) is 12.0. The minimum absolute atomic E-state index is 0.0219. The van der Waals surface area contributed by atoms with Crippen molar-refractivity contribution in [2.45, 2.75) is 38.8 Å². The zero-order chi connectivity index (χ0) is 13.3. The van der Waals surface area contributed by atoms with Crippen LogP contribution in [0.25, 0.3) is 0 Å². The third-order valence-corrected chi connectivity index (χ3v) is 2.64. The monoisotopic (exact) mass is 240 g/mol. The lowest BCUT2D eigenvalue weighted by atomic mass is 10.2. The number of nitrogens with one attached hydrogen (secondary N) is 1. The Hall–Kier alpha value is -0.630. The van der Waals surface area contributed by atoms with E-state index in [1.165, 1.54) is 6.42 Å². The van der Waals surface area contributed by atoms with Gasteiger partial charge in [0.1, 0.15) is 0 Å². The van der Waals surface area contributed by atoms with Crippen LogP contribution >= 0.6 is 0 Å². The van der Waals surface area contributed by atoms with Crippen molar-refractivity contribution >= 4 is 0 Å². The summed E-state index contributed by atoms with van der Waals surface area (Å²) in [7, 11) is 6.32. The molecule has 0 saturated heterocycles. The van der Waals surface area contributed by atoms with Crippen LogP contribution in [0.4, 0.5) is 0 Å². The molecule has 1 atom stereocenters. The fourth-order valence-electron chi connectivity index (χ4n) is 1.71. The smallest absolute Gasteiger partial charge is 0.0967 e. The van der Waals surface area contributed by atoms with E-state index in [1.54, 1.807) is 0 Å². The van der Waals surface area contributed by atoms with Crippen molar-refractivity contribution in [1.82, 2.24) is 15.1 Å². The Morgan fingerprint density at radius 2 is 1.76 bits per heavy atom. The minimum atomic E-state index is -0.0219. The van der Waals surface area contributed by atoms with Crippen LogP contribution in [0.3, 0.4) is 0 Å². The van der Waals surface area contributed by atoms with E-state index >= 15 is 0 Å². The molecule has 4 nitrogen and oxygen atoms in total. The van der Waals surface area contributed by atoms with E-state index in [-0.39, 0.29) is 6.04 Å². The van der Waals surface area contributed by atoms with Crippen LogP contribution in [0, 0.1) is 11.3 Å². The summed E-state index contributed by atoms with van der Waals surface area (Å²) in [5.74, 6) is 0. The van der Waals surface area contributed by atoms with Crippen LogP contribution in [0.5, 0.6) is 0 Å². The molecular weight excluding hydrogens is 212 g/mol. The molecule has 0 aromatic carbocycles. The molecule has 0 aromatic heterocycles. The quantitative estimate of drug-likeness (QED) is 0.656. The van der Waals surface area contributed by atoms with E-state index in [4.69, 9.17) is 5.26 Å². The molecule has 0 fully saturated rings. The zero-order valence-corrected chi connectivity index (χ0v) is 12.0. The van der Waals surface area contributed by atoms with Gasteiger partial charge in [-0.1, -0.05) is 0 Å². The SMILES string of the molecule is CC(C)NC(C#N)CCN(C)CCCN(C)C. The fraction of sp³-hybridized carbons (Fsp3) is 0.923. The Labute approximate surface area is 107 Å². The van der Waals surface area contributed by atoms with Gasteiger partial charge in [0.2, 0.25) is 0 Å². The molecule has 100 valence electrons. The van der Waals surface area contributed by atoms with Gasteiger partial charge in [-0.3, -0.25) is 5.32 Å². The molecule has 0 bridgehead atoms. The Morgan fingerprint density at radius 3 is 2.24 bits per heavy atom. The molecule has 0 aromatic rings. The molecule has 1 N–H and O–H groups in total. The number of hydrogen-bond donors (Lipinski definition) is 1. The summed E-state index contributed by atoms with van der Waals surface area (Å²) >= 11 is 0. The topological polar surface area (TPSA) is 42.3 Å². The van der Waals surface area contributed by atoms with Crippen molar-refractivity contribution < 1.29 is 0 Å². The minimum Gasteiger partial charge on any atom is -0.309 e. The first kappa shape index (κ1) is 16.4. The summed E-state index contributed by atoms with van der Waals surface area (Å²) in [6, 6.07) is 2.67. The molecule has 0 heterocycles. The highest BCUT2D eigenvalue weighted by atomic mass is 15.1. The standard InChI is InChI=1S/C13H28N4/c1-12(2)15-13(11-14)7-10-17(5)9-6-8-16(3)4/h12-13,15H,6-10H2,1-5H3. The van der Waals surface area contributed by atoms with Gasteiger partial charge in [0, 0.05) is 12.6 Å². The van der Waals surface area contributed by atoms with E-state index in [0.29, 0.717) is 6.04 Å². The van der Waals surface area contributed by atoms with Crippen LogP contribution in [-0.4, -0.2) is 62.7 Å². The van der Waals surface area contributed by atoms with Crippen molar-refractivity contribution in [3.8, 4) is 6.07 Å². The van der Waals surface area contributed by atoms with Gasteiger partial charge in [-0.15, -0.1) is 0 Å². The van der Waals surface area contributed by atoms with Gasteiger partial charge in [-0.25, -0.2) is 0 Å². The third-order valence-electron chi connectivity index (χ3n) is 2.64. The average Bonchev–Trinajstić information content (AvgIpc) is 2.23. The largest absolute Gasteiger partial charge is 0.309 e. The molecule has 0 aliphatic heterocycles. The van der Waals surface area contributed by atoms with E-state index in [1.807, 2.05) is 0 Å². The lowest BCUT2D eigenvalue weighted by Crippen LogP contribution is -2.36. The van der Waals surface area contributed by atoms with Gasteiger partial charge in [0.15, 0.2) is 0 Å². The number of rotatable bonds is 9. The molecular formula is C13H28N4. The molecule has 0 spiro atoms. The molecule has 0 aliphatic carbocycles. The summed E-state index contributed by atoms with van der Waals surface area (Å²) in [5.41, 5.74) is 0. The molecule has 1 unspecified atom stereocenters. The average molecular weight is 240 g/mol. The van der Waals surface area contributed by atoms with Gasteiger partial charge in [-0.05, 0) is 60.9 Å². The predicted molar refractivity (Wildman–Crippen MR) is 73.0 cm³/mol. The van der Waals surface area contributed by atoms with Crippen LogP contribution in [-0.2, 0) is 0 Å². The van der Waals surface area contributed by atoms with Crippen molar-refractivity contribution in [3.05, 3.63) is 0 Å². The summed E-state index contributed by atoms with van der Waals surface area (Å²) in [5, 5.41) is 12.3. The molecule has 4 heteroatoms. The van der Waals surface area contributed by atoms with Gasteiger partial charge < -0.3 is 9.80 Å². The van der Waals surface area contributed by atoms with Crippen LogP contribution < -0.4 is 5.32 Å². The number of nitrogens with zero attached hydrogens (tertiary/aromatic N) is 3. The van der Waals surface area contributed by atoms with Crippen LogP contribution in [0.1, 0.15) is 26.7 Å². The number of nitriles is 1. The molecule has 17 heavy (non-hydrogen) atoms. The van der Waals surface area contributed by atoms with Gasteiger partial charge in [0.05, 0.1) is 12.1 Å². The van der Waals surface area contributed by atoms with E-state index in [9.17, 15) is 0 Å². The van der Waals surface area contributed by atoms with Gasteiger partial charge in [0.25, 0.3) is 0 Å². The lowest BCUT2D eigenvalue weighted by Gasteiger charge is -2.20. The Morgan fingerprint density at radius 1 is 1.12 bits per heavy atom. The summed E-state index contributed by atoms with van der Waals surface area (Å²) < 4.78 is 0. The highest BCUT2D eigenvalue weighted by Gasteiger charge is 2.09. The summed E-state index contributed by atoms with van der Waals surface area (Å²) in [6.45, 7) is 7.34. The van der Waals surface area contributed by atoms with E-state index < -0.39 is 0 Å². The highest BCUT2D eigenvalue weighted by molar-refractivity contribution is 4.90.